The summed E-state index contributed by atoms with van der Waals surface area (Å²) in [5, 5.41) is 7.50. The quantitative estimate of drug-likeness (QED) is 0.859. The molecule has 2 aliphatic carbocycles. The van der Waals surface area contributed by atoms with Gasteiger partial charge in [0, 0.05) is 36.3 Å². The van der Waals surface area contributed by atoms with E-state index in [4.69, 9.17) is 0 Å². The van der Waals surface area contributed by atoms with Gasteiger partial charge in [-0.2, -0.15) is 5.10 Å². The zero-order chi connectivity index (χ0) is 19.0. The van der Waals surface area contributed by atoms with Crippen LogP contribution in [-0.2, 0) is 12.8 Å². The maximum Gasteiger partial charge on any atom is 0.274 e. The summed E-state index contributed by atoms with van der Waals surface area (Å²) in [6.07, 6.45) is 15.6. The van der Waals surface area contributed by atoms with E-state index in [0.29, 0.717) is 5.41 Å². The summed E-state index contributed by atoms with van der Waals surface area (Å²) in [6, 6.07) is 0. The van der Waals surface area contributed by atoms with Crippen molar-refractivity contribution < 1.29 is 4.79 Å². The van der Waals surface area contributed by atoms with Gasteiger partial charge in [-0.1, -0.05) is 32.1 Å². The molecule has 1 unspecified atom stereocenters. The number of carbonyl (C=O) groups is 1. The van der Waals surface area contributed by atoms with Crippen molar-refractivity contribution in [1.29, 1.82) is 0 Å². The third-order valence-electron chi connectivity index (χ3n) is 8.05. The molecule has 3 fully saturated rings. The standard InChI is InChI=1S/C23H36N4O/c28-22(21-19-8-4-9-20(19)24-25-21)27-15-12-23(17-27)11-5-13-26(16-23)14-10-18-6-2-1-3-7-18/h18H,1-17H2,(H,24,25). The highest BCUT2D eigenvalue weighted by Crippen LogP contribution is 2.40. The van der Waals surface area contributed by atoms with Gasteiger partial charge in [-0.3, -0.25) is 9.89 Å². The second kappa shape index (κ2) is 7.81. The summed E-state index contributed by atoms with van der Waals surface area (Å²) in [6.45, 7) is 5.58. The number of hydrogen-bond acceptors (Lipinski definition) is 3. The number of nitrogens with zero attached hydrogens (tertiary/aromatic N) is 3. The van der Waals surface area contributed by atoms with Crippen molar-refractivity contribution in [3.63, 3.8) is 0 Å². The van der Waals surface area contributed by atoms with Crippen molar-refractivity contribution in [2.75, 3.05) is 32.7 Å². The van der Waals surface area contributed by atoms with E-state index < -0.39 is 0 Å². The van der Waals surface area contributed by atoms with Crippen LogP contribution in [0.5, 0.6) is 0 Å². The van der Waals surface area contributed by atoms with E-state index in [9.17, 15) is 4.79 Å². The molecule has 1 aromatic rings. The fraction of sp³-hybridized carbons (Fsp3) is 0.826. The second-order valence-corrected chi connectivity index (χ2v) is 10.0. The largest absolute Gasteiger partial charge is 0.337 e. The number of amides is 1. The van der Waals surface area contributed by atoms with Crippen LogP contribution < -0.4 is 0 Å². The fourth-order valence-electron chi connectivity index (χ4n) is 6.43. The monoisotopic (exact) mass is 384 g/mol. The van der Waals surface area contributed by atoms with E-state index in [2.05, 4.69) is 20.0 Å². The molecule has 1 amide bonds. The molecule has 5 nitrogen and oxygen atoms in total. The van der Waals surface area contributed by atoms with Gasteiger partial charge in [-0.25, -0.2) is 0 Å². The molecule has 1 spiro atoms. The third-order valence-corrected chi connectivity index (χ3v) is 8.05. The lowest BCUT2D eigenvalue weighted by atomic mass is 9.79. The number of likely N-dealkylation sites (tertiary alicyclic amines) is 2. The predicted molar refractivity (Wildman–Crippen MR) is 110 cm³/mol. The molecule has 5 rings (SSSR count). The minimum Gasteiger partial charge on any atom is -0.337 e. The van der Waals surface area contributed by atoms with E-state index in [1.807, 2.05) is 0 Å². The van der Waals surface area contributed by atoms with Gasteiger partial charge in [0.1, 0.15) is 0 Å². The molecule has 1 N–H and O–H groups in total. The highest BCUT2D eigenvalue weighted by molar-refractivity contribution is 5.94. The van der Waals surface area contributed by atoms with Crippen molar-refractivity contribution >= 4 is 5.91 Å². The van der Waals surface area contributed by atoms with Crippen LogP contribution in [0.4, 0.5) is 0 Å². The maximum absolute atomic E-state index is 13.1. The molecule has 4 aliphatic rings. The van der Waals surface area contributed by atoms with Gasteiger partial charge >= 0.3 is 0 Å². The minimum absolute atomic E-state index is 0.176. The van der Waals surface area contributed by atoms with Crippen LogP contribution in [0.15, 0.2) is 0 Å². The summed E-state index contributed by atoms with van der Waals surface area (Å²) in [7, 11) is 0. The van der Waals surface area contributed by atoms with Gasteiger partial charge in [0.05, 0.1) is 0 Å². The van der Waals surface area contributed by atoms with Crippen LogP contribution >= 0.6 is 0 Å². The Kier molecular flexibility index (Phi) is 5.20. The van der Waals surface area contributed by atoms with Gasteiger partial charge in [0.15, 0.2) is 5.69 Å². The first-order valence-corrected chi connectivity index (χ1v) is 11.8. The molecular formula is C23H36N4O. The van der Waals surface area contributed by atoms with Crippen molar-refractivity contribution in [1.82, 2.24) is 20.0 Å². The number of fused-ring (bicyclic) bond motifs is 1. The molecule has 5 heteroatoms. The normalized spacial score (nSPS) is 28.9. The molecule has 3 heterocycles. The summed E-state index contributed by atoms with van der Waals surface area (Å²) < 4.78 is 0. The molecule has 0 bridgehead atoms. The molecular weight excluding hydrogens is 348 g/mol. The maximum atomic E-state index is 13.1. The molecule has 0 radical (unpaired) electrons. The molecule has 0 aromatic carbocycles. The van der Waals surface area contributed by atoms with Crippen LogP contribution in [-0.4, -0.2) is 58.6 Å². The Labute approximate surface area is 169 Å². The lowest BCUT2D eigenvalue weighted by molar-refractivity contribution is 0.0669. The molecule has 2 aliphatic heterocycles. The van der Waals surface area contributed by atoms with E-state index in [-0.39, 0.29) is 5.91 Å². The first kappa shape index (κ1) is 18.7. The predicted octanol–water partition coefficient (Wildman–Crippen LogP) is 3.80. The smallest absolute Gasteiger partial charge is 0.274 e. The number of aromatic nitrogens is 2. The lowest BCUT2D eigenvalue weighted by Gasteiger charge is -2.41. The van der Waals surface area contributed by atoms with E-state index in [1.54, 1.807) is 0 Å². The Balaban J connectivity index is 1.18. The van der Waals surface area contributed by atoms with E-state index in [0.717, 1.165) is 44.0 Å². The molecule has 1 aromatic heterocycles. The summed E-state index contributed by atoms with van der Waals surface area (Å²) >= 11 is 0. The van der Waals surface area contributed by atoms with Gasteiger partial charge in [-0.05, 0) is 64.0 Å². The van der Waals surface area contributed by atoms with Crippen molar-refractivity contribution in [2.24, 2.45) is 11.3 Å². The Morgan fingerprint density at radius 1 is 1.04 bits per heavy atom. The Morgan fingerprint density at radius 2 is 1.93 bits per heavy atom. The number of aromatic amines is 1. The number of nitrogens with one attached hydrogen (secondary N) is 1. The summed E-state index contributed by atoms with van der Waals surface area (Å²) in [4.78, 5) is 18.0. The van der Waals surface area contributed by atoms with Gasteiger partial charge in [0.25, 0.3) is 5.91 Å². The van der Waals surface area contributed by atoms with Crippen molar-refractivity contribution in [2.45, 2.75) is 77.0 Å². The summed E-state index contributed by atoms with van der Waals surface area (Å²) in [5.41, 5.74) is 3.45. The van der Waals surface area contributed by atoms with Crippen molar-refractivity contribution in [3.8, 4) is 0 Å². The highest BCUT2D eigenvalue weighted by Gasteiger charge is 2.43. The number of H-pyrrole nitrogens is 1. The van der Waals surface area contributed by atoms with E-state index >= 15 is 0 Å². The number of hydrogen-bond donors (Lipinski definition) is 1. The lowest BCUT2D eigenvalue weighted by Crippen LogP contribution is -2.46. The Hall–Kier alpha value is -1.36. The average molecular weight is 385 g/mol. The van der Waals surface area contributed by atoms with Crippen LogP contribution in [0.3, 0.4) is 0 Å². The van der Waals surface area contributed by atoms with Crippen LogP contribution in [0.2, 0.25) is 0 Å². The number of aryl methyl sites for hydroxylation is 1. The fourth-order valence-corrected chi connectivity index (χ4v) is 6.43. The Morgan fingerprint density at radius 3 is 2.82 bits per heavy atom. The zero-order valence-electron chi connectivity index (χ0n) is 17.3. The molecule has 1 atom stereocenters. The Bertz CT molecular complexity index is 707. The average Bonchev–Trinajstić information content (AvgIpc) is 3.43. The summed E-state index contributed by atoms with van der Waals surface area (Å²) in [5.74, 6) is 1.14. The van der Waals surface area contributed by atoms with Crippen molar-refractivity contribution in [3.05, 3.63) is 17.0 Å². The second-order valence-electron chi connectivity index (χ2n) is 10.0. The topological polar surface area (TPSA) is 52.2 Å². The first-order valence-electron chi connectivity index (χ1n) is 11.8. The van der Waals surface area contributed by atoms with E-state index in [1.165, 1.54) is 88.7 Å². The van der Waals surface area contributed by atoms with Crippen LogP contribution in [0.1, 0.15) is 86.0 Å². The van der Waals surface area contributed by atoms with Crippen LogP contribution in [0, 0.1) is 11.3 Å². The zero-order valence-corrected chi connectivity index (χ0v) is 17.3. The van der Waals surface area contributed by atoms with Gasteiger partial charge in [-0.15, -0.1) is 0 Å². The molecule has 2 saturated heterocycles. The third kappa shape index (κ3) is 3.62. The van der Waals surface area contributed by atoms with Gasteiger partial charge in [0.2, 0.25) is 0 Å². The first-order chi connectivity index (χ1) is 13.7. The van der Waals surface area contributed by atoms with Gasteiger partial charge < -0.3 is 9.80 Å². The highest BCUT2D eigenvalue weighted by atomic mass is 16.2. The number of rotatable bonds is 4. The number of carbonyl (C=O) groups excluding carboxylic acids is 1. The van der Waals surface area contributed by atoms with Crippen LogP contribution in [0.25, 0.3) is 0 Å². The minimum atomic E-state index is 0.176. The molecule has 1 saturated carbocycles. The molecule has 28 heavy (non-hydrogen) atoms. The number of piperidine rings is 1. The molecule has 154 valence electrons. The SMILES string of the molecule is O=C(c1n[nH]c2c1CCC2)N1CCC2(CCCN(CCC3CCCCC3)C2)C1.